The summed E-state index contributed by atoms with van der Waals surface area (Å²) in [6, 6.07) is 5.62. The second-order valence-corrected chi connectivity index (χ2v) is 7.87. The van der Waals surface area contributed by atoms with Crippen molar-refractivity contribution in [2.24, 2.45) is 0 Å². The molecule has 7 nitrogen and oxygen atoms in total. The van der Waals surface area contributed by atoms with Crippen LogP contribution in [0.1, 0.15) is 40.7 Å². The minimum atomic E-state index is -0.493. The molecule has 0 radical (unpaired) electrons. The van der Waals surface area contributed by atoms with Gasteiger partial charge in [-0.15, -0.1) is 11.3 Å². The van der Waals surface area contributed by atoms with Gasteiger partial charge in [0.15, 0.2) is 0 Å². The van der Waals surface area contributed by atoms with Crippen LogP contribution in [0, 0.1) is 12.7 Å². The third-order valence-corrected chi connectivity index (χ3v) is 6.19. The Morgan fingerprint density at radius 1 is 1.30 bits per heavy atom. The van der Waals surface area contributed by atoms with Gasteiger partial charge in [0.05, 0.1) is 24.4 Å². The molecule has 0 fully saturated rings. The van der Waals surface area contributed by atoms with E-state index in [4.69, 9.17) is 4.74 Å². The Labute approximate surface area is 176 Å². The minimum Gasteiger partial charge on any atom is -0.462 e. The molecule has 0 bridgehead atoms. The summed E-state index contributed by atoms with van der Waals surface area (Å²) in [7, 11) is 1.63. The summed E-state index contributed by atoms with van der Waals surface area (Å²) in [5.41, 5.74) is 0.891. The van der Waals surface area contributed by atoms with E-state index in [-0.39, 0.29) is 36.5 Å². The van der Waals surface area contributed by atoms with Crippen LogP contribution in [0.3, 0.4) is 0 Å². The van der Waals surface area contributed by atoms with Gasteiger partial charge in [-0.05, 0) is 44.0 Å². The van der Waals surface area contributed by atoms with Crippen molar-refractivity contribution in [1.29, 1.82) is 0 Å². The summed E-state index contributed by atoms with van der Waals surface area (Å²) >= 11 is 1.10. The molecule has 158 valence electrons. The van der Waals surface area contributed by atoms with Crippen LogP contribution >= 0.6 is 11.3 Å². The number of halogens is 1. The fraction of sp³-hybridized carbons (Fsp3) is 0.333. The Hall–Kier alpha value is -3.07. The summed E-state index contributed by atoms with van der Waals surface area (Å²) in [6.07, 6.45) is 1.31. The van der Waals surface area contributed by atoms with Crippen LogP contribution in [0.2, 0.25) is 0 Å². The van der Waals surface area contributed by atoms with E-state index in [9.17, 15) is 18.8 Å². The highest BCUT2D eigenvalue weighted by atomic mass is 32.1. The molecule has 0 aliphatic rings. The maximum atomic E-state index is 13.1. The molecule has 2 heterocycles. The van der Waals surface area contributed by atoms with Gasteiger partial charge in [0.2, 0.25) is 5.91 Å². The summed E-state index contributed by atoms with van der Waals surface area (Å²) in [5, 5.41) is 0.313. The molecular formula is C21H22FN3O4S. The van der Waals surface area contributed by atoms with Gasteiger partial charge in [-0.3, -0.25) is 14.2 Å². The van der Waals surface area contributed by atoms with Gasteiger partial charge in [-0.2, -0.15) is 0 Å². The lowest BCUT2D eigenvalue weighted by Gasteiger charge is -2.25. The smallest absolute Gasteiger partial charge is 0.348 e. The Kier molecular flexibility index (Phi) is 6.31. The Morgan fingerprint density at radius 2 is 1.97 bits per heavy atom. The summed E-state index contributed by atoms with van der Waals surface area (Å²) in [5.74, 6) is -1.14. The van der Waals surface area contributed by atoms with E-state index in [1.54, 1.807) is 33.0 Å². The standard InChI is InChI=1S/C21H22FN3O4S/c1-5-29-21(28)18-12(2)17-19(30-18)23-11-25(20(17)27)10-16(26)24(4)13(3)14-6-8-15(22)9-7-14/h6-9,11,13H,5,10H2,1-4H3/t13-/m1/s1. The largest absolute Gasteiger partial charge is 0.462 e. The topological polar surface area (TPSA) is 81.5 Å². The van der Waals surface area contributed by atoms with E-state index in [1.165, 1.54) is 27.9 Å². The quantitative estimate of drug-likeness (QED) is 0.560. The number of carbonyl (C=O) groups excluding carboxylic acids is 2. The Balaban J connectivity index is 1.86. The fourth-order valence-electron chi connectivity index (χ4n) is 3.10. The zero-order valence-electron chi connectivity index (χ0n) is 17.1. The molecule has 0 unspecified atom stereocenters. The van der Waals surface area contributed by atoms with Crippen LogP contribution in [0.15, 0.2) is 35.4 Å². The number of nitrogens with zero attached hydrogens (tertiary/aromatic N) is 3. The van der Waals surface area contributed by atoms with Crippen LogP contribution in [0.5, 0.6) is 0 Å². The van der Waals surface area contributed by atoms with Gasteiger partial charge in [0.25, 0.3) is 5.56 Å². The number of rotatable bonds is 6. The molecule has 0 N–H and O–H groups in total. The molecule has 0 saturated carbocycles. The van der Waals surface area contributed by atoms with Crippen LogP contribution < -0.4 is 5.56 Å². The van der Waals surface area contributed by atoms with Crippen LogP contribution in [0.4, 0.5) is 4.39 Å². The Bertz CT molecular complexity index is 1150. The normalized spacial score (nSPS) is 12.0. The monoisotopic (exact) mass is 431 g/mol. The summed E-state index contributed by atoms with van der Waals surface area (Å²) in [6.45, 7) is 5.24. The summed E-state index contributed by atoms with van der Waals surface area (Å²) in [4.78, 5) is 44.3. The molecule has 30 heavy (non-hydrogen) atoms. The van der Waals surface area contributed by atoms with E-state index in [0.29, 0.717) is 20.7 Å². The Morgan fingerprint density at radius 3 is 2.60 bits per heavy atom. The molecule has 3 rings (SSSR count). The number of esters is 1. The molecule has 1 aromatic carbocycles. The first kappa shape index (κ1) is 21.6. The predicted octanol–water partition coefficient (Wildman–Crippen LogP) is 3.30. The van der Waals surface area contributed by atoms with E-state index in [0.717, 1.165) is 16.9 Å². The van der Waals surface area contributed by atoms with Crippen LogP contribution in [-0.2, 0) is 16.1 Å². The van der Waals surface area contributed by atoms with Crippen LogP contribution in [-0.4, -0.2) is 40.0 Å². The van der Waals surface area contributed by atoms with Crippen molar-refractivity contribution in [3.63, 3.8) is 0 Å². The lowest BCUT2D eigenvalue weighted by Crippen LogP contribution is -2.35. The fourth-order valence-corrected chi connectivity index (χ4v) is 4.13. The second-order valence-electron chi connectivity index (χ2n) is 6.87. The number of ether oxygens (including phenoxy) is 1. The molecule has 0 aliphatic carbocycles. The first-order chi connectivity index (χ1) is 14.2. The number of hydrogen-bond donors (Lipinski definition) is 0. The highest BCUT2D eigenvalue weighted by molar-refractivity contribution is 7.20. The zero-order chi connectivity index (χ0) is 22.0. The van der Waals surface area contributed by atoms with Gasteiger partial charge in [0.1, 0.15) is 22.1 Å². The molecule has 1 atom stereocenters. The third kappa shape index (κ3) is 4.11. The second kappa shape index (κ2) is 8.74. The number of amides is 1. The number of aryl methyl sites for hydroxylation is 1. The SMILES string of the molecule is CCOC(=O)c1sc2ncn(CC(=O)N(C)[C@H](C)c3ccc(F)cc3)c(=O)c2c1C. The van der Waals surface area contributed by atoms with Crippen molar-refractivity contribution in [1.82, 2.24) is 14.5 Å². The van der Waals surface area contributed by atoms with E-state index >= 15 is 0 Å². The number of thiophene rings is 1. The maximum absolute atomic E-state index is 13.1. The highest BCUT2D eigenvalue weighted by Gasteiger charge is 2.22. The van der Waals surface area contributed by atoms with Crippen molar-refractivity contribution in [2.75, 3.05) is 13.7 Å². The predicted molar refractivity (Wildman–Crippen MR) is 112 cm³/mol. The average molecular weight is 431 g/mol. The minimum absolute atomic E-state index is 0.201. The molecular weight excluding hydrogens is 409 g/mol. The number of hydrogen-bond acceptors (Lipinski definition) is 6. The maximum Gasteiger partial charge on any atom is 0.348 e. The molecule has 0 aliphatic heterocycles. The number of aromatic nitrogens is 2. The van der Waals surface area contributed by atoms with Crippen molar-refractivity contribution >= 4 is 33.4 Å². The number of benzene rings is 1. The van der Waals surface area contributed by atoms with Gasteiger partial charge in [-0.25, -0.2) is 14.2 Å². The molecule has 0 spiro atoms. The van der Waals surface area contributed by atoms with Crippen molar-refractivity contribution in [3.05, 3.63) is 62.8 Å². The molecule has 1 amide bonds. The highest BCUT2D eigenvalue weighted by Crippen LogP contribution is 2.27. The van der Waals surface area contributed by atoms with Gasteiger partial charge in [0, 0.05) is 7.05 Å². The average Bonchev–Trinajstić information content (AvgIpc) is 3.07. The number of fused-ring (bicyclic) bond motifs is 1. The van der Waals surface area contributed by atoms with Crippen molar-refractivity contribution < 1.29 is 18.7 Å². The van der Waals surface area contributed by atoms with Gasteiger partial charge in [-0.1, -0.05) is 12.1 Å². The zero-order valence-corrected chi connectivity index (χ0v) is 18.0. The number of carbonyl (C=O) groups is 2. The molecule has 0 saturated heterocycles. The molecule has 9 heteroatoms. The third-order valence-electron chi connectivity index (χ3n) is 5.01. The first-order valence-electron chi connectivity index (χ1n) is 9.41. The van der Waals surface area contributed by atoms with E-state index in [1.807, 2.05) is 6.92 Å². The number of likely N-dealkylation sites (N-methyl/N-ethyl adjacent to an activating group) is 1. The lowest BCUT2D eigenvalue weighted by atomic mass is 10.1. The van der Waals surface area contributed by atoms with Crippen molar-refractivity contribution in [3.8, 4) is 0 Å². The van der Waals surface area contributed by atoms with Crippen LogP contribution in [0.25, 0.3) is 10.2 Å². The lowest BCUT2D eigenvalue weighted by molar-refractivity contribution is -0.132. The van der Waals surface area contributed by atoms with Crippen molar-refractivity contribution in [2.45, 2.75) is 33.4 Å². The van der Waals surface area contributed by atoms with Gasteiger partial charge >= 0.3 is 5.97 Å². The van der Waals surface area contributed by atoms with Gasteiger partial charge < -0.3 is 9.64 Å². The molecule has 2 aromatic heterocycles. The summed E-state index contributed by atoms with van der Waals surface area (Å²) < 4.78 is 19.4. The van der Waals surface area contributed by atoms with E-state index < -0.39 is 5.97 Å². The molecule has 3 aromatic rings. The van der Waals surface area contributed by atoms with E-state index in [2.05, 4.69) is 4.98 Å². The first-order valence-corrected chi connectivity index (χ1v) is 10.2.